The summed E-state index contributed by atoms with van der Waals surface area (Å²) in [6, 6.07) is 0. The summed E-state index contributed by atoms with van der Waals surface area (Å²) < 4.78 is 10.8. The van der Waals surface area contributed by atoms with Crippen LogP contribution in [0.25, 0.3) is 0 Å². The molecule has 1 spiro atoms. The number of fused-ring (bicyclic) bond motifs is 1. The van der Waals surface area contributed by atoms with E-state index in [-0.39, 0.29) is 10.8 Å². The van der Waals surface area contributed by atoms with E-state index in [0.29, 0.717) is 25.6 Å². The van der Waals surface area contributed by atoms with Crippen LogP contribution in [0.2, 0.25) is 5.28 Å². The number of likely N-dealkylation sites (N-methyl/N-ethyl adjacent to an activating group) is 1. The summed E-state index contributed by atoms with van der Waals surface area (Å²) in [7, 11) is 1.98. The second-order valence-corrected chi connectivity index (χ2v) is 4.23. The highest BCUT2D eigenvalue weighted by atomic mass is 35.5. The Morgan fingerprint density at radius 3 is 2.93 bits per heavy atom. The van der Waals surface area contributed by atoms with Crippen molar-refractivity contribution in [3.05, 3.63) is 11.5 Å². The van der Waals surface area contributed by atoms with Gasteiger partial charge < -0.3 is 14.4 Å². The lowest BCUT2D eigenvalue weighted by Gasteiger charge is -2.50. The van der Waals surface area contributed by atoms with E-state index in [0.717, 1.165) is 5.82 Å². The van der Waals surface area contributed by atoms with Crippen LogP contribution in [0.3, 0.4) is 0 Å². The van der Waals surface area contributed by atoms with Gasteiger partial charge in [-0.3, -0.25) is 0 Å². The Bertz CT molecular complexity index is 408. The minimum atomic E-state index is -0.0648. The van der Waals surface area contributed by atoms with E-state index in [4.69, 9.17) is 21.1 Å². The topological polar surface area (TPSA) is 47.5 Å². The standard InChI is InChI=1S/C9H10ClN3O2/c1-13-7-6(2-11-8(10)12-7)15-5-9(13)3-14-4-9/h2H,3-5H2,1H3. The maximum atomic E-state index is 5.76. The summed E-state index contributed by atoms with van der Waals surface area (Å²) in [6.45, 7) is 1.95. The van der Waals surface area contributed by atoms with Gasteiger partial charge in [-0.15, -0.1) is 0 Å². The third-order valence-corrected chi connectivity index (χ3v) is 3.16. The molecule has 80 valence electrons. The summed E-state index contributed by atoms with van der Waals surface area (Å²) in [5.74, 6) is 1.42. The molecule has 6 heteroatoms. The molecule has 3 heterocycles. The number of rotatable bonds is 0. The number of hydrogen-bond acceptors (Lipinski definition) is 5. The molecule has 15 heavy (non-hydrogen) atoms. The normalized spacial score (nSPS) is 21.9. The number of hydrogen-bond donors (Lipinski definition) is 0. The average molecular weight is 228 g/mol. The van der Waals surface area contributed by atoms with Crippen LogP contribution in [0.15, 0.2) is 6.20 Å². The zero-order valence-corrected chi connectivity index (χ0v) is 8.99. The van der Waals surface area contributed by atoms with Crippen LogP contribution in [0.4, 0.5) is 5.82 Å². The van der Waals surface area contributed by atoms with Gasteiger partial charge in [0, 0.05) is 7.05 Å². The largest absolute Gasteiger partial charge is 0.485 e. The summed E-state index contributed by atoms with van der Waals surface area (Å²) >= 11 is 5.76. The van der Waals surface area contributed by atoms with Gasteiger partial charge in [0.25, 0.3) is 0 Å². The molecule has 0 aliphatic carbocycles. The van der Waals surface area contributed by atoms with Gasteiger partial charge >= 0.3 is 0 Å². The SMILES string of the molecule is CN1c2nc(Cl)ncc2OCC12COC2. The molecular formula is C9H10ClN3O2. The van der Waals surface area contributed by atoms with E-state index in [9.17, 15) is 0 Å². The van der Waals surface area contributed by atoms with Crippen LogP contribution < -0.4 is 9.64 Å². The van der Waals surface area contributed by atoms with Gasteiger partial charge in [-0.05, 0) is 11.6 Å². The Labute approximate surface area is 92.0 Å². The Morgan fingerprint density at radius 2 is 2.27 bits per heavy atom. The number of aromatic nitrogens is 2. The second kappa shape index (κ2) is 2.96. The minimum absolute atomic E-state index is 0.0648. The van der Waals surface area contributed by atoms with E-state index in [1.54, 1.807) is 6.20 Å². The van der Waals surface area contributed by atoms with Crippen LogP contribution >= 0.6 is 11.6 Å². The molecule has 0 aromatic carbocycles. The third-order valence-electron chi connectivity index (χ3n) is 2.97. The fraction of sp³-hybridized carbons (Fsp3) is 0.556. The molecule has 1 saturated heterocycles. The van der Waals surface area contributed by atoms with Crippen molar-refractivity contribution in [1.82, 2.24) is 9.97 Å². The lowest BCUT2D eigenvalue weighted by Crippen LogP contribution is -2.66. The van der Waals surface area contributed by atoms with Gasteiger partial charge in [0.2, 0.25) is 5.28 Å². The first-order valence-corrected chi connectivity index (χ1v) is 5.06. The molecule has 0 amide bonds. The highest BCUT2D eigenvalue weighted by Gasteiger charge is 2.47. The van der Waals surface area contributed by atoms with Crippen molar-refractivity contribution in [2.75, 3.05) is 31.8 Å². The van der Waals surface area contributed by atoms with Crippen LogP contribution in [-0.2, 0) is 4.74 Å². The molecule has 0 N–H and O–H groups in total. The van der Waals surface area contributed by atoms with Crippen molar-refractivity contribution in [2.24, 2.45) is 0 Å². The van der Waals surface area contributed by atoms with Gasteiger partial charge in [-0.2, -0.15) is 4.98 Å². The molecule has 2 aliphatic rings. The number of ether oxygens (including phenoxy) is 2. The molecule has 0 bridgehead atoms. The molecule has 0 radical (unpaired) electrons. The zero-order chi connectivity index (χ0) is 10.5. The van der Waals surface area contributed by atoms with Crippen molar-refractivity contribution in [3.8, 4) is 5.75 Å². The molecule has 2 aliphatic heterocycles. The quantitative estimate of drug-likeness (QED) is 0.612. The first-order valence-electron chi connectivity index (χ1n) is 4.68. The third kappa shape index (κ3) is 1.20. The summed E-state index contributed by atoms with van der Waals surface area (Å²) in [6.07, 6.45) is 1.60. The number of halogens is 1. The lowest BCUT2D eigenvalue weighted by atomic mass is 9.95. The van der Waals surface area contributed by atoms with Crippen molar-refractivity contribution in [3.63, 3.8) is 0 Å². The molecule has 0 unspecified atom stereocenters. The number of nitrogens with zero attached hydrogens (tertiary/aromatic N) is 3. The molecular weight excluding hydrogens is 218 g/mol. The maximum absolute atomic E-state index is 5.76. The molecule has 1 aromatic heterocycles. The zero-order valence-electron chi connectivity index (χ0n) is 8.23. The number of anilines is 1. The molecule has 5 nitrogen and oxygen atoms in total. The molecule has 1 fully saturated rings. The van der Waals surface area contributed by atoms with Gasteiger partial charge in [-0.25, -0.2) is 4.98 Å². The van der Waals surface area contributed by atoms with Gasteiger partial charge in [0.05, 0.1) is 19.4 Å². The Morgan fingerprint density at radius 1 is 1.47 bits per heavy atom. The monoisotopic (exact) mass is 227 g/mol. The van der Waals surface area contributed by atoms with E-state index in [2.05, 4.69) is 14.9 Å². The van der Waals surface area contributed by atoms with Crippen LogP contribution in [0.5, 0.6) is 5.75 Å². The lowest BCUT2D eigenvalue weighted by molar-refractivity contribution is -0.0797. The molecule has 0 saturated carbocycles. The van der Waals surface area contributed by atoms with Crippen molar-refractivity contribution in [1.29, 1.82) is 0 Å². The van der Waals surface area contributed by atoms with Gasteiger partial charge in [0.1, 0.15) is 12.1 Å². The first kappa shape index (κ1) is 9.18. The molecule has 1 aromatic rings. The predicted octanol–water partition coefficient (Wildman–Crippen LogP) is 0.728. The predicted molar refractivity (Wildman–Crippen MR) is 54.5 cm³/mol. The van der Waals surface area contributed by atoms with E-state index < -0.39 is 0 Å². The Kier molecular flexibility index (Phi) is 1.81. The Hall–Kier alpha value is -1.07. The van der Waals surface area contributed by atoms with E-state index in [1.165, 1.54) is 0 Å². The molecule has 3 rings (SSSR count). The summed E-state index contributed by atoms with van der Waals surface area (Å²) in [4.78, 5) is 10.1. The Balaban J connectivity index is 2.04. The van der Waals surface area contributed by atoms with Crippen molar-refractivity contribution in [2.45, 2.75) is 5.54 Å². The highest BCUT2D eigenvalue weighted by Crippen LogP contribution is 2.38. The minimum Gasteiger partial charge on any atom is -0.485 e. The smallest absolute Gasteiger partial charge is 0.224 e. The van der Waals surface area contributed by atoms with Crippen molar-refractivity contribution >= 4 is 17.4 Å². The van der Waals surface area contributed by atoms with Crippen molar-refractivity contribution < 1.29 is 9.47 Å². The first-order chi connectivity index (χ1) is 7.21. The fourth-order valence-corrected chi connectivity index (χ4v) is 1.96. The summed E-state index contributed by atoms with van der Waals surface area (Å²) in [5, 5.41) is 0.237. The van der Waals surface area contributed by atoms with Crippen LogP contribution in [0.1, 0.15) is 0 Å². The second-order valence-electron chi connectivity index (χ2n) is 3.89. The highest BCUT2D eigenvalue weighted by molar-refractivity contribution is 6.28. The van der Waals surface area contributed by atoms with E-state index in [1.807, 2.05) is 7.05 Å². The molecule has 0 atom stereocenters. The maximum Gasteiger partial charge on any atom is 0.224 e. The fourth-order valence-electron chi connectivity index (χ4n) is 1.83. The summed E-state index contributed by atoms with van der Waals surface area (Å²) in [5.41, 5.74) is -0.0648. The van der Waals surface area contributed by atoms with Gasteiger partial charge in [0.15, 0.2) is 11.6 Å². The average Bonchev–Trinajstić information content (AvgIpc) is 2.17. The van der Waals surface area contributed by atoms with Crippen LogP contribution in [-0.4, -0.2) is 42.4 Å². The van der Waals surface area contributed by atoms with E-state index >= 15 is 0 Å². The van der Waals surface area contributed by atoms with Gasteiger partial charge in [-0.1, -0.05) is 0 Å². The van der Waals surface area contributed by atoms with Crippen LogP contribution in [0, 0.1) is 0 Å².